The van der Waals surface area contributed by atoms with Crippen molar-refractivity contribution in [1.82, 2.24) is 0 Å². The monoisotopic (exact) mass is 1040 g/mol. The number of rotatable bonds is 2. The van der Waals surface area contributed by atoms with E-state index in [-0.39, 0.29) is 82.4 Å². The van der Waals surface area contributed by atoms with Crippen molar-refractivity contribution in [3.8, 4) is 17.2 Å². The van der Waals surface area contributed by atoms with Gasteiger partial charge in [0.1, 0.15) is 0 Å². The van der Waals surface area contributed by atoms with Gasteiger partial charge < -0.3 is 15.3 Å². The number of aryl methyl sites for hydroxylation is 4. The Hall–Kier alpha value is -3.24. The molecule has 0 radical (unpaired) electrons. The minimum absolute atomic E-state index is 0. The largest absolute Gasteiger partial charge is 3.00 e. The van der Waals surface area contributed by atoms with Crippen LogP contribution in [0.25, 0.3) is 0 Å². The first-order chi connectivity index (χ1) is 31.9. The van der Waals surface area contributed by atoms with Crippen LogP contribution >= 0.6 is 0 Å². The van der Waals surface area contributed by atoms with Gasteiger partial charge in [0.15, 0.2) is 0 Å². The summed E-state index contributed by atoms with van der Waals surface area (Å²) in [6.45, 7) is 45.9. The van der Waals surface area contributed by atoms with Gasteiger partial charge in [0.2, 0.25) is 0 Å². The molecule has 4 aromatic rings. The smallest absolute Gasteiger partial charge is 0.872 e. The van der Waals surface area contributed by atoms with Crippen LogP contribution in [-0.2, 0) is 65.2 Å². The number of nitrogens with zero attached hydrogens (tertiary/aromatic N) is 2. The van der Waals surface area contributed by atoms with E-state index in [1.165, 1.54) is 86.5 Å². The zero-order valence-corrected chi connectivity index (χ0v) is 52.1. The molecule has 2 saturated carbocycles. The maximum atomic E-state index is 12.4. The van der Waals surface area contributed by atoms with E-state index in [4.69, 9.17) is 0 Å². The van der Waals surface area contributed by atoms with Gasteiger partial charge in [0.25, 0.3) is 0 Å². The molecule has 0 amide bonds. The molecule has 2 fully saturated rings. The molecule has 0 spiro atoms. The average molecular weight is 1050 g/mol. The van der Waals surface area contributed by atoms with E-state index >= 15 is 0 Å². The molecule has 0 atom stereocenters. The Balaban J connectivity index is 0.000000450. The molecule has 0 heterocycles. The van der Waals surface area contributed by atoms with E-state index in [0.717, 1.165) is 33.4 Å². The van der Waals surface area contributed by atoms with Crippen LogP contribution in [0.15, 0.2) is 76.7 Å². The fraction of sp³-hybridized carbons (Fsp3) is 0.615. The predicted molar refractivity (Wildman–Crippen MR) is 299 cm³/mol. The standard InChI is InChI=1S/3C15H24O.C13H22N2.C7H8.Y/c3*1-10-8-11(14(2,3)4)13(16)12(9-10)15(5,6)7;1-3-7-12(8-4-1)14-11-15-13-9-5-2-6-10-13;1-7-5-3-2-4-6-7;/h3*8-9,16H,1-7H3;12-13H,1-10H2;2-6H,1H3;/q;;;;;+3/p-3. The molecule has 390 valence electrons. The summed E-state index contributed by atoms with van der Waals surface area (Å²) >= 11 is 0. The summed E-state index contributed by atoms with van der Waals surface area (Å²) in [7, 11) is 0. The van der Waals surface area contributed by atoms with E-state index in [0.29, 0.717) is 12.1 Å². The summed E-state index contributed by atoms with van der Waals surface area (Å²) in [6.07, 6.45) is 13.2. The van der Waals surface area contributed by atoms with Crippen LogP contribution in [0.1, 0.15) is 244 Å². The third kappa shape index (κ3) is 22.8. The van der Waals surface area contributed by atoms with Crippen LogP contribution in [0, 0.1) is 27.7 Å². The first-order valence-corrected chi connectivity index (χ1v) is 26.6. The van der Waals surface area contributed by atoms with E-state index in [1.54, 1.807) is 0 Å². The second-order valence-electron chi connectivity index (χ2n) is 26.7. The van der Waals surface area contributed by atoms with E-state index in [2.05, 4.69) is 180 Å². The maximum Gasteiger partial charge on any atom is 3.00 e. The maximum absolute atomic E-state index is 12.4. The summed E-state index contributed by atoms with van der Waals surface area (Å²) in [6, 6.07) is 26.5. The van der Waals surface area contributed by atoms with Crippen LogP contribution in [0.5, 0.6) is 17.2 Å². The third-order valence-electron chi connectivity index (χ3n) is 13.1. The van der Waals surface area contributed by atoms with Crippen LogP contribution < -0.4 is 15.3 Å². The van der Waals surface area contributed by atoms with Gasteiger partial charge in [0.05, 0.1) is 18.1 Å². The quantitative estimate of drug-likeness (QED) is 0.187. The van der Waals surface area contributed by atoms with E-state index in [9.17, 15) is 15.3 Å². The molecule has 6 heteroatoms. The van der Waals surface area contributed by atoms with Crippen molar-refractivity contribution in [1.29, 1.82) is 0 Å². The van der Waals surface area contributed by atoms with Crippen molar-refractivity contribution in [2.24, 2.45) is 9.98 Å². The molecular formula is C65H99N2O3Y. The van der Waals surface area contributed by atoms with E-state index in [1.807, 2.05) is 54.6 Å². The van der Waals surface area contributed by atoms with Crippen LogP contribution in [-0.4, -0.2) is 18.1 Å². The van der Waals surface area contributed by atoms with Gasteiger partial charge in [-0.15, -0.1) is 17.2 Å². The van der Waals surface area contributed by atoms with Gasteiger partial charge in [-0.3, -0.25) is 0 Å². The van der Waals surface area contributed by atoms with Crippen molar-refractivity contribution in [3.63, 3.8) is 0 Å². The van der Waals surface area contributed by atoms with Gasteiger partial charge in [-0.05, 0) is 119 Å². The Kier molecular flexibility index (Phi) is 25.8. The fourth-order valence-electron chi connectivity index (χ4n) is 8.81. The van der Waals surface area contributed by atoms with Crippen molar-refractivity contribution in [2.45, 2.75) is 261 Å². The third-order valence-corrected chi connectivity index (χ3v) is 13.1. The van der Waals surface area contributed by atoms with Gasteiger partial charge in [-0.25, -0.2) is 9.98 Å². The van der Waals surface area contributed by atoms with E-state index < -0.39 is 0 Å². The Bertz CT molecular complexity index is 1970. The van der Waals surface area contributed by atoms with Crippen LogP contribution in [0.4, 0.5) is 0 Å². The molecule has 5 nitrogen and oxygen atoms in total. The molecule has 4 aromatic carbocycles. The summed E-state index contributed by atoms with van der Waals surface area (Å²) in [5, 5.41) is 37.2. The SMILES string of the molecule is C(=NC1CCCCC1)=NC1CCCCC1.Cc1cc(C(C)(C)C)c([O-])c(C(C)(C)C)c1.Cc1cc(C(C)(C)C)c([O-])c(C(C)(C)C)c1.Cc1cc(C(C)(C)C)c([O-])c(C(C)(C)C)c1.Cc1ccccc1.[Y+3]. The first kappa shape index (κ1) is 65.8. The number of benzene rings is 4. The van der Waals surface area contributed by atoms with Gasteiger partial charge in [-0.1, -0.05) is 252 Å². The number of aliphatic imine (C=N–C) groups is 2. The summed E-state index contributed by atoms with van der Waals surface area (Å²) in [5.41, 5.74) is 9.94. The molecule has 2 aliphatic carbocycles. The number of hydrogen-bond donors (Lipinski definition) is 0. The van der Waals surface area contributed by atoms with Crippen molar-refractivity contribution >= 4 is 6.01 Å². The normalized spacial score (nSPS) is 14.8. The average Bonchev–Trinajstić information content (AvgIpc) is 3.23. The Morgan fingerprint density at radius 3 is 0.732 bits per heavy atom. The van der Waals surface area contributed by atoms with Crippen molar-refractivity contribution < 1.29 is 48.0 Å². The summed E-state index contributed by atoms with van der Waals surface area (Å²) in [4.78, 5) is 8.92. The molecule has 0 aromatic heterocycles. The molecule has 0 bridgehead atoms. The fourth-order valence-corrected chi connectivity index (χ4v) is 8.81. The molecule has 2 aliphatic rings. The van der Waals surface area contributed by atoms with Crippen LogP contribution in [0.3, 0.4) is 0 Å². The zero-order chi connectivity index (χ0) is 53.6. The Morgan fingerprint density at radius 2 is 0.563 bits per heavy atom. The molecule has 0 N–H and O–H groups in total. The first-order valence-electron chi connectivity index (χ1n) is 26.6. The van der Waals surface area contributed by atoms with Gasteiger partial charge >= 0.3 is 32.7 Å². The van der Waals surface area contributed by atoms with Crippen molar-refractivity contribution in [3.05, 3.63) is 122 Å². The molecule has 71 heavy (non-hydrogen) atoms. The zero-order valence-electron chi connectivity index (χ0n) is 49.3. The summed E-state index contributed by atoms with van der Waals surface area (Å²) < 4.78 is 0. The molecule has 0 unspecified atom stereocenters. The summed E-state index contributed by atoms with van der Waals surface area (Å²) in [5.74, 6) is 0.641. The molecule has 0 saturated heterocycles. The van der Waals surface area contributed by atoms with Crippen LogP contribution in [0.2, 0.25) is 0 Å². The number of hydrogen-bond acceptors (Lipinski definition) is 5. The predicted octanol–water partition coefficient (Wildman–Crippen LogP) is 16.8. The topological polar surface area (TPSA) is 93.9 Å². The Labute approximate surface area is 461 Å². The second-order valence-corrected chi connectivity index (χ2v) is 26.7. The minimum atomic E-state index is -0.0803. The van der Waals surface area contributed by atoms with Gasteiger partial charge in [0, 0.05) is 0 Å². The molecule has 0 aliphatic heterocycles. The molecule has 6 rings (SSSR count). The van der Waals surface area contributed by atoms with Crippen molar-refractivity contribution in [2.75, 3.05) is 0 Å². The minimum Gasteiger partial charge on any atom is -0.872 e. The molecular weight excluding hydrogens is 946 g/mol. The second kappa shape index (κ2) is 27.9. The Morgan fingerprint density at radius 1 is 0.352 bits per heavy atom. The van der Waals surface area contributed by atoms with Gasteiger partial charge in [-0.2, -0.15) is 0 Å².